The Bertz CT molecular complexity index is 118. The first kappa shape index (κ1) is 10.2. The zero-order valence-corrected chi connectivity index (χ0v) is 7.30. The van der Waals surface area contributed by atoms with Crippen LogP contribution in [0.25, 0.3) is 0 Å². The summed E-state index contributed by atoms with van der Waals surface area (Å²) in [6, 6.07) is 0. The summed E-state index contributed by atoms with van der Waals surface area (Å²) in [5.41, 5.74) is 7.64. The number of hydrazine groups is 1. The minimum absolute atomic E-state index is 0.317. The second-order valence-electron chi connectivity index (χ2n) is 2.55. The molecule has 0 radical (unpaired) electrons. The monoisotopic (exact) mass is 158 g/mol. The highest BCUT2D eigenvalue weighted by molar-refractivity contribution is 5.77. The average molecular weight is 158 g/mol. The van der Waals surface area contributed by atoms with Crippen LogP contribution < -0.4 is 17.0 Å². The van der Waals surface area contributed by atoms with Gasteiger partial charge in [-0.3, -0.25) is 10.4 Å². The topological polar surface area (TPSA) is 76.4 Å². The minimum Gasteiger partial charge on any atom is -0.369 e. The predicted octanol–water partition coefficient (Wildman–Crippen LogP) is 0.201. The van der Waals surface area contributed by atoms with E-state index in [1.165, 1.54) is 0 Å². The maximum atomic E-state index is 5.34. The molecule has 5 N–H and O–H groups in total. The molecule has 4 nitrogen and oxygen atoms in total. The summed E-state index contributed by atoms with van der Waals surface area (Å²) in [5, 5.41) is 0. The van der Waals surface area contributed by atoms with Crippen LogP contribution in [-0.2, 0) is 0 Å². The van der Waals surface area contributed by atoms with Gasteiger partial charge in [-0.05, 0) is 5.92 Å². The molecule has 0 atom stereocenters. The van der Waals surface area contributed by atoms with Crippen molar-refractivity contribution in [2.24, 2.45) is 22.5 Å². The van der Waals surface area contributed by atoms with Gasteiger partial charge in [0.2, 0.25) is 5.96 Å². The molecule has 0 aromatic carbocycles. The third-order valence-corrected chi connectivity index (χ3v) is 1.82. The van der Waals surface area contributed by atoms with Crippen LogP contribution in [0.15, 0.2) is 4.99 Å². The van der Waals surface area contributed by atoms with E-state index in [0.29, 0.717) is 11.9 Å². The lowest BCUT2D eigenvalue weighted by Crippen LogP contribution is -2.37. The van der Waals surface area contributed by atoms with Gasteiger partial charge in [-0.15, -0.1) is 0 Å². The normalized spacial score (nSPS) is 12.2. The first-order valence-corrected chi connectivity index (χ1v) is 4.01. The van der Waals surface area contributed by atoms with Gasteiger partial charge in [0.15, 0.2) is 0 Å². The van der Waals surface area contributed by atoms with E-state index in [1.807, 2.05) is 0 Å². The molecule has 11 heavy (non-hydrogen) atoms. The summed E-state index contributed by atoms with van der Waals surface area (Å²) < 4.78 is 0. The van der Waals surface area contributed by atoms with Gasteiger partial charge >= 0.3 is 0 Å². The number of guanidine groups is 1. The zero-order valence-electron chi connectivity index (χ0n) is 7.30. The Morgan fingerprint density at radius 1 is 1.45 bits per heavy atom. The van der Waals surface area contributed by atoms with Gasteiger partial charge in [0.25, 0.3) is 0 Å². The van der Waals surface area contributed by atoms with Gasteiger partial charge in [-0.1, -0.05) is 26.7 Å². The molecule has 0 bridgehead atoms. The Hall–Kier alpha value is -0.770. The van der Waals surface area contributed by atoms with Crippen molar-refractivity contribution in [2.45, 2.75) is 26.7 Å². The van der Waals surface area contributed by atoms with Crippen LogP contribution in [0, 0.1) is 5.92 Å². The fourth-order valence-electron chi connectivity index (χ4n) is 0.820. The van der Waals surface area contributed by atoms with E-state index in [4.69, 9.17) is 11.6 Å². The summed E-state index contributed by atoms with van der Waals surface area (Å²) >= 11 is 0. The number of rotatable bonds is 4. The number of nitrogens with zero attached hydrogens (tertiary/aromatic N) is 1. The second kappa shape index (κ2) is 5.97. The SMILES string of the molecule is CCC(CC)CN=C(N)NN. The second-order valence-corrected chi connectivity index (χ2v) is 2.55. The van der Waals surface area contributed by atoms with Gasteiger partial charge in [-0.25, -0.2) is 5.84 Å². The fourth-order valence-corrected chi connectivity index (χ4v) is 0.820. The summed E-state index contributed by atoms with van der Waals surface area (Å²) in [4.78, 5) is 4.04. The molecule has 0 spiro atoms. The van der Waals surface area contributed by atoms with Crippen molar-refractivity contribution in [3.05, 3.63) is 0 Å². The molecule has 0 rings (SSSR count). The van der Waals surface area contributed by atoms with Crippen molar-refractivity contribution in [1.29, 1.82) is 0 Å². The van der Waals surface area contributed by atoms with Crippen LogP contribution in [0.4, 0.5) is 0 Å². The largest absolute Gasteiger partial charge is 0.369 e. The molecule has 0 aliphatic rings. The van der Waals surface area contributed by atoms with Crippen molar-refractivity contribution in [3.63, 3.8) is 0 Å². The van der Waals surface area contributed by atoms with E-state index in [0.717, 1.165) is 19.4 Å². The van der Waals surface area contributed by atoms with E-state index >= 15 is 0 Å². The highest BCUT2D eigenvalue weighted by Gasteiger charge is 2.00. The lowest BCUT2D eigenvalue weighted by atomic mass is 10.0. The Morgan fingerprint density at radius 2 is 2.00 bits per heavy atom. The summed E-state index contributed by atoms with van der Waals surface area (Å²) in [6.07, 6.45) is 2.27. The predicted molar refractivity (Wildman–Crippen MR) is 47.9 cm³/mol. The summed E-state index contributed by atoms with van der Waals surface area (Å²) in [7, 11) is 0. The lowest BCUT2D eigenvalue weighted by Gasteiger charge is -2.08. The molecular weight excluding hydrogens is 140 g/mol. The van der Waals surface area contributed by atoms with Gasteiger partial charge in [0.1, 0.15) is 0 Å². The van der Waals surface area contributed by atoms with E-state index in [1.54, 1.807) is 0 Å². The molecule has 0 aliphatic heterocycles. The quantitative estimate of drug-likeness (QED) is 0.237. The third-order valence-electron chi connectivity index (χ3n) is 1.82. The lowest BCUT2D eigenvalue weighted by molar-refractivity contribution is 0.505. The average Bonchev–Trinajstić information content (AvgIpc) is 2.06. The molecule has 0 amide bonds. The standard InChI is InChI=1S/C7H18N4/c1-3-6(4-2)5-10-7(8)11-9/h6H,3-5,9H2,1-2H3,(H3,8,10,11). The van der Waals surface area contributed by atoms with E-state index in [2.05, 4.69) is 24.3 Å². The van der Waals surface area contributed by atoms with E-state index < -0.39 is 0 Å². The van der Waals surface area contributed by atoms with Crippen LogP contribution in [0.3, 0.4) is 0 Å². The molecular formula is C7H18N4. The molecule has 66 valence electrons. The van der Waals surface area contributed by atoms with Crippen molar-refractivity contribution in [2.75, 3.05) is 6.54 Å². The van der Waals surface area contributed by atoms with Crippen molar-refractivity contribution < 1.29 is 0 Å². The zero-order chi connectivity index (χ0) is 8.69. The fraction of sp³-hybridized carbons (Fsp3) is 0.857. The molecule has 0 saturated carbocycles. The molecule has 0 aliphatic carbocycles. The molecule has 0 fully saturated rings. The Kier molecular flexibility index (Phi) is 5.56. The Labute approximate surface area is 68.0 Å². The number of hydrogen-bond acceptors (Lipinski definition) is 2. The summed E-state index contributed by atoms with van der Waals surface area (Å²) in [6.45, 7) is 5.06. The third kappa shape index (κ3) is 4.61. The number of nitrogens with two attached hydrogens (primary N) is 2. The highest BCUT2D eigenvalue weighted by atomic mass is 15.3. The van der Waals surface area contributed by atoms with E-state index in [-0.39, 0.29) is 0 Å². The Morgan fingerprint density at radius 3 is 2.36 bits per heavy atom. The van der Waals surface area contributed by atoms with Gasteiger partial charge in [0, 0.05) is 6.54 Å². The molecule has 0 aromatic heterocycles. The molecule has 0 aromatic rings. The van der Waals surface area contributed by atoms with Gasteiger partial charge in [0.05, 0.1) is 0 Å². The van der Waals surface area contributed by atoms with Crippen LogP contribution >= 0.6 is 0 Å². The van der Waals surface area contributed by atoms with Gasteiger partial charge < -0.3 is 5.73 Å². The van der Waals surface area contributed by atoms with Crippen LogP contribution in [0.1, 0.15) is 26.7 Å². The van der Waals surface area contributed by atoms with E-state index in [9.17, 15) is 0 Å². The minimum atomic E-state index is 0.317. The van der Waals surface area contributed by atoms with Crippen LogP contribution in [0.5, 0.6) is 0 Å². The number of nitrogens with one attached hydrogen (secondary N) is 1. The van der Waals surface area contributed by atoms with Gasteiger partial charge in [-0.2, -0.15) is 0 Å². The molecule has 4 heteroatoms. The number of aliphatic imine (C=N–C) groups is 1. The Balaban J connectivity index is 3.65. The maximum absolute atomic E-state index is 5.34. The molecule has 0 heterocycles. The number of hydrogen-bond donors (Lipinski definition) is 3. The summed E-state index contributed by atoms with van der Waals surface area (Å²) in [5.74, 6) is 5.98. The van der Waals surface area contributed by atoms with Crippen LogP contribution in [-0.4, -0.2) is 12.5 Å². The van der Waals surface area contributed by atoms with Crippen LogP contribution in [0.2, 0.25) is 0 Å². The smallest absolute Gasteiger partial charge is 0.203 e. The van der Waals surface area contributed by atoms with Crippen molar-refractivity contribution >= 4 is 5.96 Å². The maximum Gasteiger partial charge on any atom is 0.203 e. The first-order chi connectivity index (χ1) is 5.24. The molecule has 0 saturated heterocycles. The van der Waals surface area contributed by atoms with Crippen molar-refractivity contribution in [3.8, 4) is 0 Å². The molecule has 0 unspecified atom stereocenters. The van der Waals surface area contributed by atoms with Crippen molar-refractivity contribution in [1.82, 2.24) is 5.43 Å². The first-order valence-electron chi connectivity index (χ1n) is 4.01. The highest BCUT2D eigenvalue weighted by Crippen LogP contribution is 2.06.